The van der Waals surface area contributed by atoms with E-state index in [1.54, 1.807) is 6.92 Å². The number of likely N-dealkylation sites (tertiary alicyclic amines) is 1. The number of aromatic nitrogens is 4. The first-order valence-corrected chi connectivity index (χ1v) is 11.9. The van der Waals surface area contributed by atoms with Crippen LogP contribution in [0.5, 0.6) is 5.75 Å². The van der Waals surface area contributed by atoms with Crippen LogP contribution < -0.4 is 15.2 Å². The minimum Gasteiger partial charge on any atom is -0.485 e. The fourth-order valence-corrected chi connectivity index (χ4v) is 4.44. The van der Waals surface area contributed by atoms with Crippen LogP contribution in [0.15, 0.2) is 27.9 Å². The van der Waals surface area contributed by atoms with Gasteiger partial charge in [0.05, 0.1) is 18.4 Å². The van der Waals surface area contributed by atoms with E-state index in [0.717, 1.165) is 12.4 Å². The fraction of sp³-hybridized carbons (Fsp3) is 0.571. The lowest BCUT2D eigenvalue weighted by atomic mass is 10.0. The van der Waals surface area contributed by atoms with Crippen LogP contribution in [0.3, 0.4) is 0 Å². The Morgan fingerprint density at radius 1 is 1.14 bits per heavy atom. The van der Waals surface area contributed by atoms with Gasteiger partial charge in [-0.25, -0.2) is 15.1 Å². The summed E-state index contributed by atoms with van der Waals surface area (Å²) >= 11 is 3.15. The topological polar surface area (TPSA) is 114 Å². The maximum Gasteiger partial charge on any atom is 0.419 e. The third-order valence-corrected chi connectivity index (χ3v) is 6.72. The number of rotatable bonds is 7. The minimum atomic E-state index is -4.47. The zero-order chi connectivity index (χ0) is 25.2. The van der Waals surface area contributed by atoms with E-state index >= 15 is 0 Å². The van der Waals surface area contributed by atoms with Crippen LogP contribution in [0.2, 0.25) is 0 Å². The number of piperidine rings is 1. The van der Waals surface area contributed by atoms with Crippen LogP contribution in [0.1, 0.15) is 31.7 Å². The van der Waals surface area contributed by atoms with Crippen molar-refractivity contribution in [3.8, 4) is 5.75 Å². The number of anilines is 1. The van der Waals surface area contributed by atoms with Gasteiger partial charge in [0.25, 0.3) is 11.5 Å². The number of carbonyl (C=O) groups excluding carboxylic acids is 1. The number of amides is 1. The van der Waals surface area contributed by atoms with Crippen molar-refractivity contribution in [2.75, 3.05) is 31.1 Å². The van der Waals surface area contributed by atoms with Crippen molar-refractivity contribution in [2.24, 2.45) is 0 Å². The van der Waals surface area contributed by atoms with Gasteiger partial charge in [0.15, 0.2) is 5.75 Å². The predicted molar refractivity (Wildman–Crippen MR) is 121 cm³/mol. The van der Waals surface area contributed by atoms with Crippen LogP contribution in [-0.4, -0.2) is 75.5 Å². The average molecular weight is 561 g/mol. The molecule has 2 aliphatic rings. The summed E-state index contributed by atoms with van der Waals surface area (Å²) in [6.45, 7) is 3.57. The molecular weight excluding hydrogens is 537 g/mol. The van der Waals surface area contributed by atoms with Crippen molar-refractivity contribution in [3.63, 3.8) is 0 Å². The van der Waals surface area contributed by atoms with Crippen molar-refractivity contribution < 1.29 is 27.4 Å². The molecule has 2 fully saturated rings. The Kier molecular flexibility index (Phi) is 7.59. The van der Waals surface area contributed by atoms with Crippen molar-refractivity contribution in [2.45, 2.75) is 50.6 Å². The molecule has 4 heterocycles. The summed E-state index contributed by atoms with van der Waals surface area (Å²) in [6.07, 6.45) is -0.624. The lowest BCUT2D eigenvalue weighted by Gasteiger charge is -2.36. The molecule has 190 valence electrons. The molecule has 2 aromatic rings. The molecule has 2 aliphatic heterocycles. The SMILES string of the molecule is CC(CO[C@H]1CCN(C2CCN(c3ncc(C(F)(F)F)cn3)CC2)C1=O)Oc1cn[nH]c(=O)c1Br. The molecule has 0 radical (unpaired) electrons. The van der Waals surface area contributed by atoms with Crippen molar-refractivity contribution in [1.29, 1.82) is 0 Å². The van der Waals surface area contributed by atoms with E-state index in [2.05, 4.69) is 36.1 Å². The maximum atomic E-state index is 12.9. The molecule has 4 rings (SSSR count). The second-order valence-corrected chi connectivity index (χ2v) is 9.23. The van der Waals surface area contributed by atoms with E-state index in [-0.39, 0.29) is 34.7 Å². The Bertz CT molecular complexity index is 1090. The molecule has 14 heteroatoms. The Morgan fingerprint density at radius 2 is 1.83 bits per heavy atom. The maximum absolute atomic E-state index is 12.9. The first kappa shape index (κ1) is 25.4. The largest absolute Gasteiger partial charge is 0.485 e. The summed E-state index contributed by atoms with van der Waals surface area (Å²) in [5.41, 5.74) is -1.29. The number of hydrogen-bond donors (Lipinski definition) is 1. The van der Waals surface area contributed by atoms with Gasteiger partial charge in [-0.2, -0.15) is 18.3 Å². The summed E-state index contributed by atoms with van der Waals surface area (Å²) in [4.78, 5) is 35.9. The van der Waals surface area contributed by atoms with Crippen molar-refractivity contribution in [1.82, 2.24) is 25.1 Å². The van der Waals surface area contributed by atoms with Crippen molar-refractivity contribution in [3.05, 3.63) is 39.0 Å². The zero-order valence-corrected chi connectivity index (χ0v) is 20.4. The van der Waals surface area contributed by atoms with E-state index < -0.39 is 29.5 Å². The molecule has 10 nitrogen and oxygen atoms in total. The molecular formula is C21H24BrF3N6O4. The lowest BCUT2D eigenvalue weighted by molar-refractivity contribution is -0.140. The third kappa shape index (κ3) is 5.92. The molecule has 1 amide bonds. The summed E-state index contributed by atoms with van der Waals surface area (Å²) < 4.78 is 49.9. The van der Waals surface area contributed by atoms with Gasteiger partial charge in [0.1, 0.15) is 16.7 Å². The lowest BCUT2D eigenvalue weighted by Crippen LogP contribution is -2.47. The highest BCUT2D eigenvalue weighted by molar-refractivity contribution is 9.10. The Hall–Kier alpha value is -2.74. The standard InChI is InChI=1S/C21H24BrF3N6O4/c1-12(35-16-10-28-29-18(32)17(16)22)11-34-15-4-7-31(19(15)33)14-2-5-30(6-3-14)20-26-8-13(9-27-20)21(23,24)25/h8-10,12,14-15H,2-7,11H2,1H3,(H,29,32)/t12?,15-/m0/s1. The molecule has 2 aromatic heterocycles. The molecule has 1 unspecified atom stereocenters. The van der Waals surface area contributed by atoms with Gasteiger partial charge in [-0.05, 0) is 35.7 Å². The Labute approximate surface area is 207 Å². The number of hydrogen-bond acceptors (Lipinski definition) is 8. The normalized spacial score (nSPS) is 20.4. The highest BCUT2D eigenvalue weighted by Gasteiger charge is 2.38. The summed E-state index contributed by atoms with van der Waals surface area (Å²) in [7, 11) is 0. The van der Waals surface area contributed by atoms with Crippen LogP contribution in [0.4, 0.5) is 19.1 Å². The van der Waals surface area contributed by atoms with Gasteiger partial charge in [0.2, 0.25) is 5.95 Å². The predicted octanol–water partition coefficient (Wildman–Crippen LogP) is 2.39. The molecule has 0 saturated carbocycles. The van der Waals surface area contributed by atoms with E-state index in [0.29, 0.717) is 38.9 Å². The minimum absolute atomic E-state index is 0.0218. The summed E-state index contributed by atoms with van der Waals surface area (Å²) in [5.74, 6) is 0.454. The highest BCUT2D eigenvalue weighted by atomic mass is 79.9. The number of alkyl halides is 3. The Balaban J connectivity index is 1.24. The third-order valence-electron chi connectivity index (χ3n) is 5.97. The zero-order valence-electron chi connectivity index (χ0n) is 18.8. The van der Waals surface area contributed by atoms with E-state index in [1.807, 2.05) is 9.80 Å². The van der Waals surface area contributed by atoms with Gasteiger partial charge in [-0.15, -0.1) is 0 Å². The Morgan fingerprint density at radius 3 is 2.49 bits per heavy atom. The molecule has 0 aromatic carbocycles. The number of aromatic amines is 1. The van der Waals surface area contributed by atoms with E-state index in [9.17, 15) is 22.8 Å². The molecule has 35 heavy (non-hydrogen) atoms. The second-order valence-electron chi connectivity index (χ2n) is 8.44. The van der Waals surface area contributed by atoms with Crippen LogP contribution in [-0.2, 0) is 15.7 Å². The second kappa shape index (κ2) is 10.5. The molecule has 1 N–H and O–H groups in total. The highest BCUT2D eigenvalue weighted by Crippen LogP contribution is 2.29. The number of halogens is 4. The van der Waals surface area contributed by atoms with Crippen molar-refractivity contribution >= 4 is 27.8 Å². The monoisotopic (exact) mass is 560 g/mol. The number of carbonyl (C=O) groups is 1. The summed E-state index contributed by atoms with van der Waals surface area (Å²) in [5, 5.41) is 5.98. The molecule has 2 saturated heterocycles. The number of H-pyrrole nitrogens is 1. The van der Waals surface area contributed by atoms with Crippen LogP contribution in [0.25, 0.3) is 0 Å². The molecule has 2 atom stereocenters. The molecule has 0 bridgehead atoms. The number of nitrogens with one attached hydrogen (secondary N) is 1. The van der Waals surface area contributed by atoms with Gasteiger partial charge in [-0.1, -0.05) is 0 Å². The van der Waals surface area contributed by atoms with Crippen LogP contribution in [0, 0.1) is 0 Å². The fourth-order valence-electron chi connectivity index (χ4n) is 4.15. The first-order valence-electron chi connectivity index (χ1n) is 11.1. The van der Waals surface area contributed by atoms with Gasteiger partial charge in [-0.3, -0.25) is 9.59 Å². The van der Waals surface area contributed by atoms with E-state index in [1.165, 1.54) is 6.20 Å². The van der Waals surface area contributed by atoms with Gasteiger partial charge < -0.3 is 19.3 Å². The number of ether oxygens (including phenoxy) is 2. The quantitative estimate of drug-likeness (QED) is 0.549. The molecule has 0 aliphatic carbocycles. The smallest absolute Gasteiger partial charge is 0.419 e. The van der Waals surface area contributed by atoms with Gasteiger partial charge >= 0.3 is 6.18 Å². The van der Waals surface area contributed by atoms with Crippen LogP contribution >= 0.6 is 15.9 Å². The van der Waals surface area contributed by atoms with E-state index in [4.69, 9.17) is 9.47 Å². The first-order chi connectivity index (χ1) is 16.6. The van der Waals surface area contributed by atoms with Gasteiger partial charge in [0, 0.05) is 44.5 Å². The number of nitrogens with zero attached hydrogens (tertiary/aromatic N) is 5. The summed E-state index contributed by atoms with van der Waals surface area (Å²) in [6, 6.07) is 0.0218. The average Bonchev–Trinajstić information content (AvgIpc) is 3.20. The molecule has 0 spiro atoms.